The number of carbonyl (C=O) groups excluding carboxylic acids is 1. The van der Waals surface area contributed by atoms with Crippen molar-refractivity contribution < 1.29 is 9.53 Å². The molecule has 25 heavy (non-hydrogen) atoms. The number of anilines is 2. The SMILES string of the molecule is COc1ccccc1C(=O)N1c2ccccc2CCc2ccccc21. The minimum atomic E-state index is -0.0701. The molecule has 3 aromatic carbocycles. The molecule has 0 aliphatic carbocycles. The molecule has 1 aliphatic rings. The maximum Gasteiger partial charge on any atom is 0.266 e. The number of para-hydroxylation sites is 3. The number of aryl methyl sites for hydroxylation is 2. The lowest BCUT2D eigenvalue weighted by Crippen LogP contribution is -2.27. The van der Waals surface area contributed by atoms with E-state index in [1.54, 1.807) is 7.11 Å². The first-order valence-corrected chi connectivity index (χ1v) is 8.43. The average Bonchev–Trinajstić information content (AvgIpc) is 2.84. The Kier molecular flexibility index (Phi) is 3.98. The van der Waals surface area contributed by atoms with E-state index < -0.39 is 0 Å². The molecule has 3 heteroatoms. The molecule has 3 nitrogen and oxygen atoms in total. The maximum absolute atomic E-state index is 13.5. The minimum Gasteiger partial charge on any atom is -0.496 e. The van der Waals surface area contributed by atoms with Gasteiger partial charge in [0.2, 0.25) is 0 Å². The van der Waals surface area contributed by atoms with Crippen LogP contribution in [0.2, 0.25) is 0 Å². The molecule has 1 amide bonds. The van der Waals surface area contributed by atoms with Crippen molar-refractivity contribution in [3.63, 3.8) is 0 Å². The second kappa shape index (κ2) is 6.44. The molecule has 1 heterocycles. The third kappa shape index (κ3) is 2.68. The predicted molar refractivity (Wildman–Crippen MR) is 99.8 cm³/mol. The van der Waals surface area contributed by atoms with Gasteiger partial charge in [-0.3, -0.25) is 9.69 Å². The minimum absolute atomic E-state index is 0.0701. The number of nitrogens with zero attached hydrogens (tertiary/aromatic N) is 1. The van der Waals surface area contributed by atoms with Crippen molar-refractivity contribution in [2.24, 2.45) is 0 Å². The smallest absolute Gasteiger partial charge is 0.266 e. The Hall–Kier alpha value is -3.07. The zero-order chi connectivity index (χ0) is 17.2. The van der Waals surface area contributed by atoms with E-state index >= 15 is 0 Å². The topological polar surface area (TPSA) is 29.5 Å². The molecule has 0 saturated heterocycles. The summed E-state index contributed by atoms with van der Waals surface area (Å²) in [7, 11) is 1.59. The van der Waals surface area contributed by atoms with Gasteiger partial charge in [-0.2, -0.15) is 0 Å². The molecule has 124 valence electrons. The molecule has 0 bridgehead atoms. The van der Waals surface area contributed by atoms with Crippen LogP contribution in [0.1, 0.15) is 21.5 Å². The van der Waals surface area contributed by atoms with Crippen LogP contribution in [0.4, 0.5) is 11.4 Å². The molecule has 0 spiro atoms. The van der Waals surface area contributed by atoms with Crippen LogP contribution in [0.5, 0.6) is 5.75 Å². The summed E-state index contributed by atoms with van der Waals surface area (Å²) in [6.45, 7) is 0. The number of methoxy groups -OCH3 is 1. The van der Waals surface area contributed by atoms with E-state index in [1.165, 1.54) is 11.1 Å². The van der Waals surface area contributed by atoms with E-state index in [9.17, 15) is 4.79 Å². The number of rotatable bonds is 2. The summed E-state index contributed by atoms with van der Waals surface area (Å²) in [6.07, 6.45) is 1.84. The van der Waals surface area contributed by atoms with Gasteiger partial charge in [0.15, 0.2) is 0 Å². The highest BCUT2D eigenvalue weighted by Crippen LogP contribution is 2.37. The third-order valence-corrected chi connectivity index (χ3v) is 4.67. The lowest BCUT2D eigenvalue weighted by molar-refractivity contribution is 0.0996. The molecule has 0 N–H and O–H groups in total. The maximum atomic E-state index is 13.5. The number of hydrogen-bond acceptors (Lipinski definition) is 2. The summed E-state index contributed by atoms with van der Waals surface area (Å²) in [4.78, 5) is 15.3. The van der Waals surface area contributed by atoms with Crippen molar-refractivity contribution >= 4 is 17.3 Å². The summed E-state index contributed by atoms with van der Waals surface area (Å²) in [5.41, 5.74) is 4.83. The summed E-state index contributed by atoms with van der Waals surface area (Å²) in [5, 5.41) is 0. The number of benzene rings is 3. The van der Waals surface area contributed by atoms with E-state index in [0.29, 0.717) is 11.3 Å². The third-order valence-electron chi connectivity index (χ3n) is 4.67. The normalized spacial score (nSPS) is 12.8. The van der Waals surface area contributed by atoms with Gasteiger partial charge < -0.3 is 4.74 Å². The van der Waals surface area contributed by atoms with Gasteiger partial charge in [0.05, 0.1) is 24.0 Å². The molecule has 1 aliphatic heterocycles. The molecule has 3 aromatic rings. The standard InChI is InChI=1S/C22H19NO2/c1-25-21-13-7-4-10-18(21)22(24)23-19-11-5-2-8-16(19)14-15-17-9-3-6-12-20(17)23/h2-13H,14-15H2,1H3. The lowest BCUT2D eigenvalue weighted by Gasteiger charge is -2.25. The van der Waals surface area contributed by atoms with Crippen LogP contribution in [0.15, 0.2) is 72.8 Å². The van der Waals surface area contributed by atoms with Gasteiger partial charge in [-0.25, -0.2) is 0 Å². The van der Waals surface area contributed by atoms with Crippen molar-refractivity contribution in [3.8, 4) is 5.75 Å². The fourth-order valence-corrected chi connectivity index (χ4v) is 3.44. The van der Waals surface area contributed by atoms with Gasteiger partial charge in [0, 0.05) is 0 Å². The van der Waals surface area contributed by atoms with E-state index in [1.807, 2.05) is 65.6 Å². The molecular weight excluding hydrogens is 310 g/mol. The number of ether oxygens (including phenoxy) is 1. The highest BCUT2D eigenvalue weighted by atomic mass is 16.5. The van der Waals surface area contributed by atoms with Crippen LogP contribution in [0.3, 0.4) is 0 Å². The highest BCUT2D eigenvalue weighted by Gasteiger charge is 2.27. The Morgan fingerprint density at radius 3 is 1.92 bits per heavy atom. The van der Waals surface area contributed by atoms with E-state index in [0.717, 1.165) is 24.2 Å². The van der Waals surface area contributed by atoms with E-state index in [4.69, 9.17) is 4.74 Å². The summed E-state index contributed by atoms with van der Waals surface area (Å²) in [5.74, 6) is 0.519. The lowest BCUT2D eigenvalue weighted by atomic mass is 10.0. The monoisotopic (exact) mass is 329 g/mol. The van der Waals surface area contributed by atoms with Crippen molar-refractivity contribution in [2.45, 2.75) is 12.8 Å². The summed E-state index contributed by atoms with van der Waals surface area (Å²) < 4.78 is 5.42. The Morgan fingerprint density at radius 1 is 0.800 bits per heavy atom. The Labute approximate surface area is 147 Å². The highest BCUT2D eigenvalue weighted by molar-refractivity contribution is 6.13. The average molecular weight is 329 g/mol. The van der Waals surface area contributed by atoms with Gasteiger partial charge in [-0.05, 0) is 48.2 Å². The van der Waals surface area contributed by atoms with Gasteiger partial charge in [-0.15, -0.1) is 0 Å². The van der Waals surface area contributed by atoms with Crippen LogP contribution >= 0.6 is 0 Å². The first kappa shape index (κ1) is 15.5. The quantitative estimate of drug-likeness (QED) is 0.677. The van der Waals surface area contributed by atoms with Crippen LogP contribution in [0.25, 0.3) is 0 Å². The van der Waals surface area contributed by atoms with E-state index in [2.05, 4.69) is 12.1 Å². The molecule has 4 rings (SSSR count). The van der Waals surface area contributed by atoms with Crippen molar-refractivity contribution in [3.05, 3.63) is 89.5 Å². The van der Waals surface area contributed by atoms with Gasteiger partial charge in [-0.1, -0.05) is 48.5 Å². The Bertz CT molecular complexity index is 885. The van der Waals surface area contributed by atoms with Crippen LogP contribution in [-0.4, -0.2) is 13.0 Å². The Balaban J connectivity index is 1.92. The second-order valence-electron chi connectivity index (χ2n) is 6.10. The summed E-state index contributed by atoms with van der Waals surface area (Å²) >= 11 is 0. The first-order valence-electron chi connectivity index (χ1n) is 8.43. The van der Waals surface area contributed by atoms with Crippen molar-refractivity contribution in [2.75, 3.05) is 12.0 Å². The van der Waals surface area contributed by atoms with Crippen LogP contribution in [-0.2, 0) is 12.8 Å². The van der Waals surface area contributed by atoms with Crippen LogP contribution < -0.4 is 9.64 Å². The zero-order valence-corrected chi connectivity index (χ0v) is 14.1. The molecule has 0 fully saturated rings. The number of amides is 1. The number of fused-ring (bicyclic) bond motifs is 2. The number of carbonyl (C=O) groups is 1. The van der Waals surface area contributed by atoms with Gasteiger partial charge in [0.25, 0.3) is 5.91 Å². The summed E-state index contributed by atoms with van der Waals surface area (Å²) in [6, 6.07) is 23.6. The first-order chi connectivity index (χ1) is 12.3. The molecule has 0 unspecified atom stereocenters. The van der Waals surface area contributed by atoms with Gasteiger partial charge >= 0.3 is 0 Å². The fourth-order valence-electron chi connectivity index (χ4n) is 3.44. The molecule has 0 radical (unpaired) electrons. The molecule has 0 atom stereocenters. The Morgan fingerprint density at radius 2 is 1.32 bits per heavy atom. The molecular formula is C22H19NO2. The fraction of sp³-hybridized carbons (Fsp3) is 0.136. The van der Waals surface area contributed by atoms with Gasteiger partial charge in [0.1, 0.15) is 5.75 Å². The molecule has 0 aromatic heterocycles. The zero-order valence-electron chi connectivity index (χ0n) is 14.1. The number of hydrogen-bond donors (Lipinski definition) is 0. The van der Waals surface area contributed by atoms with Crippen molar-refractivity contribution in [1.82, 2.24) is 0 Å². The second-order valence-corrected chi connectivity index (χ2v) is 6.10. The largest absolute Gasteiger partial charge is 0.496 e. The molecule has 0 saturated carbocycles. The van der Waals surface area contributed by atoms with Crippen LogP contribution in [0, 0.1) is 0 Å². The van der Waals surface area contributed by atoms with E-state index in [-0.39, 0.29) is 5.91 Å². The predicted octanol–water partition coefficient (Wildman–Crippen LogP) is 4.77. The van der Waals surface area contributed by atoms with Crippen molar-refractivity contribution in [1.29, 1.82) is 0 Å².